The Morgan fingerprint density at radius 3 is 2.26 bits per heavy atom. The van der Waals surface area contributed by atoms with Crippen LogP contribution in [0.15, 0.2) is 66.7 Å². The molecule has 4 rings (SSSR count). The molecule has 3 amide bonds. The minimum absolute atomic E-state index is 0.250. The van der Waals surface area contributed by atoms with E-state index in [9.17, 15) is 9.59 Å². The van der Waals surface area contributed by atoms with Crippen LogP contribution in [0.3, 0.4) is 0 Å². The molecule has 0 bridgehead atoms. The normalized spacial score (nSPS) is 12.8. The fraction of sp³-hybridized carbons (Fsp3) is 0.276. The highest BCUT2D eigenvalue weighted by atomic mass is 16.5. The van der Waals surface area contributed by atoms with Gasteiger partial charge >= 0.3 is 6.03 Å². The average Bonchev–Trinajstić information content (AvgIpc) is 2.97. The standard InChI is InChI=1S/C29H32N6O4/c1-38-17-12-31-28(36)24-19-23(33-29(37)32-22-7-5-6-21(18-22)20-30)10-11-25(24)34-13-15-35(16-14-34)26-8-3-4-9-27(26)39-2/h3-11,18-19H,12-17H2,1-2H3,(H,31,36)(H2,32,33,37). The van der Waals surface area contributed by atoms with E-state index in [1.807, 2.05) is 36.4 Å². The van der Waals surface area contributed by atoms with Crippen LogP contribution in [0.1, 0.15) is 15.9 Å². The number of piperazine rings is 1. The molecular weight excluding hydrogens is 496 g/mol. The number of ether oxygens (including phenoxy) is 2. The van der Waals surface area contributed by atoms with Gasteiger partial charge in [-0.25, -0.2) is 4.79 Å². The number of para-hydroxylation sites is 2. The molecule has 10 heteroatoms. The second-order valence-corrected chi connectivity index (χ2v) is 8.90. The van der Waals surface area contributed by atoms with Gasteiger partial charge in [0.2, 0.25) is 0 Å². The van der Waals surface area contributed by atoms with Gasteiger partial charge < -0.3 is 35.2 Å². The van der Waals surface area contributed by atoms with Gasteiger partial charge in [-0.15, -0.1) is 0 Å². The van der Waals surface area contributed by atoms with Crippen molar-refractivity contribution in [2.45, 2.75) is 0 Å². The van der Waals surface area contributed by atoms with Crippen LogP contribution in [0.2, 0.25) is 0 Å². The summed E-state index contributed by atoms with van der Waals surface area (Å²) in [5.41, 5.74) is 3.70. The monoisotopic (exact) mass is 528 g/mol. The van der Waals surface area contributed by atoms with Gasteiger partial charge in [0.1, 0.15) is 5.75 Å². The number of carbonyl (C=O) groups is 2. The fourth-order valence-corrected chi connectivity index (χ4v) is 4.47. The highest BCUT2D eigenvalue weighted by molar-refractivity contribution is 6.04. The molecule has 1 aliphatic heterocycles. The number of hydrogen-bond acceptors (Lipinski definition) is 7. The molecular formula is C29H32N6O4. The number of nitrogens with one attached hydrogen (secondary N) is 3. The van der Waals surface area contributed by atoms with Crippen LogP contribution in [0, 0.1) is 11.3 Å². The average molecular weight is 529 g/mol. The number of hydrogen-bond donors (Lipinski definition) is 3. The van der Waals surface area contributed by atoms with E-state index in [2.05, 4.69) is 25.8 Å². The zero-order chi connectivity index (χ0) is 27.6. The lowest BCUT2D eigenvalue weighted by atomic mass is 10.1. The highest BCUT2D eigenvalue weighted by Gasteiger charge is 2.24. The number of amides is 3. The Balaban J connectivity index is 1.50. The van der Waals surface area contributed by atoms with Crippen LogP contribution < -0.4 is 30.5 Å². The predicted octanol–water partition coefficient (Wildman–Crippen LogP) is 3.91. The van der Waals surface area contributed by atoms with Crippen LogP contribution in [0.5, 0.6) is 5.75 Å². The van der Waals surface area contributed by atoms with Crippen molar-refractivity contribution in [3.8, 4) is 11.8 Å². The summed E-state index contributed by atoms with van der Waals surface area (Å²) in [6, 6.07) is 21.5. The largest absolute Gasteiger partial charge is 0.495 e. The smallest absolute Gasteiger partial charge is 0.323 e. The Morgan fingerprint density at radius 1 is 0.872 bits per heavy atom. The summed E-state index contributed by atoms with van der Waals surface area (Å²) < 4.78 is 10.6. The number of methoxy groups -OCH3 is 2. The molecule has 0 radical (unpaired) electrons. The molecule has 0 atom stereocenters. The third-order valence-corrected chi connectivity index (χ3v) is 6.39. The molecule has 39 heavy (non-hydrogen) atoms. The Morgan fingerprint density at radius 2 is 1.56 bits per heavy atom. The van der Waals surface area contributed by atoms with Crippen LogP contribution >= 0.6 is 0 Å². The third kappa shape index (κ3) is 6.97. The minimum atomic E-state index is -0.478. The second-order valence-electron chi connectivity index (χ2n) is 8.90. The summed E-state index contributed by atoms with van der Waals surface area (Å²) in [7, 11) is 3.25. The lowest BCUT2D eigenvalue weighted by Gasteiger charge is -2.38. The molecule has 0 aliphatic carbocycles. The first-order chi connectivity index (χ1) is 19.0. The van der Waals surface area contributed by atoms with E-state index in [-0.39, 0.29) is 5.91 Å². The fourth-order valence-electron chi connectivity index (χ4n) is 4.47. The third-order valence-electron chi connectivity index (χ3n) is 6.39. The Hall–Kier alpha value is -4.75. The Labute approximate surface area is 228 Å². The lowest BCUT2D eigenvalue weighted by Crippen LogP contribution is -2.47. The number of nitriles is 1. The molecule has 3 aromatic carbocycles. The molecule has 0 spiro atoms. The molecule has 3 aromatic rings. The van der Waals surface area contributed by atoms with Gasteiger partial charge in [-0.05, 0) is 48.5 Å². The maximum atomic E-state index is 13.2. The summed E-state index contributed by atoms with van der Waals surface area (Å²) in [5.74, 6) is 0.581. The number of anilines is 4. The van der Waals surface area contributed by atoms with Crippen molar-refractivity contribution in [3.63, 3.8) is 0 Å². The highest BCUT2D eigenvalue weighted by Crippen LogP contribution is 2.31. The van der Waals surface area contributed by atoms with Gasteiger partial charge in [0.15, 0.2) is 0 Å². The van der Waals surface area contributed by atoms with Gasteiger partial charge in [0.25, 0.3) is 5.91 Å². The number of rotatable bonds is 9. The van der Waals surface area contributed by atoms with Crippen molar-refractivity contribution < 1.29 is 19.1 Å². The molecule has 202 valence electrons. The summed E-state index contributed by atoms with van der Waals surface area (Å²) in [5, 5.41) is 17.5. The van der Waals surface area contributed by atoms with E-state index in [1.165, 1.54) is 0 Å². The molecule has 10 nitrogen and oxygen atoms in total. The first-order valence-corrected chi connectivity index (χ1v) is 12.6. The molecule has 1 saturated heterocycles. The van der Waals surface area contributed by atoms with E-state index in [4.69, 9.17) is 14.7 Å². The van der Waals surface area contributed by atoms with Gasteiger partial charge in [-0.3, -0.25) is 4.79 Å². The zero-order valence-electron chi connectivity index (χ0n) is 22.1. The number of carbonyl (C=O) groups excluding carboxylic acids is 2. The van der Waals surface area contributed by atoms with Crippen LogP contribution in [-0.2, 0) is 4.74 Å². The van der Waals surface area contributed by atoms with Crippen LogP contribution in [-0.4, -0.2) is 65.5 Å². The van der Waals surface area contributed by atoms with E-state index < -0.39 is 6.03 Å². The van der Waals surface area contributed by atoms with E-state index in [1.54, 1.807) is 50.6 Å². The number of benzene rings is 3. The molecule has 1 fully saturated rings. The van der Waals surface area contributed by atoms with Gasteiger partial charge in [0.05, 0.1) is 36.6 Å². The van der Waals surface area contributed by atoms with E-state index in [0.717, 1.165) is 30.2 Å². The summed E-state index contributed by atoms with van der Waals surface area (Å²) >= 11 is 0. The van der Waals surface area contributed by atoms with Crippen molar-refractivity contribution in [3.05, 3.63) is 77.9 Å². The maximum absolute atomic E-state index is 13.2. The van der Waals surface area contributed by atoms with E-state index in [0.29, 0.717) is 48.7 Å². The first kappa shape index (κ1) is 27.3. The molecule has 0 saturated carbocycles. The zero-order valence-corrected chi connectivity index (χ0v) is 22.1. The van der Waals surface area contributed by atoms with Crippen molar-refractivity contribution in [2.75, 3.05) is 74.0 Å². The topological polar surface area (TPSA) is 119 Å². The van der Waals surface area contributed by atoms with Gasteiger partial charge in [-0.2, -0.15) is 5.26 Å². The molecule has 1 aliphatic rings. The van der Waals surface area contributed by atoms with Gasteiger partial charge in [-0.1, -0.05) is 18.2 Å². The lowest BCUT2D eigenvalue weighted by molar-refractivity contribution is 0.0937. The summed E-state index contributed by atoms with van der Waals surface area (Å²) in [4.78, 5) is 30.3. The molecule has 0 aromatic heterocycles. The van der Waals surface area contributed by atoms with Crippen LogP contribution in [0.25, 0.3) is 0 Å². The van der Waals surface area contributed by atoms with Crippen LogP contribution in [0.4, 0.5) is 27.5 Å². The Kier molecular flexibility index (Phi) is 9.21. The van der Waals surface area contributed by atoms with Crippen molar-refractivity contribution in [1.29, 1.82) is 5.26 Å². The SMILES string of the molecule is COCCNC(=O)c1cc(NC(=O)Nc2cccc(C#N)c2)ccc1N1CCN(c2ccccc2OC)CC1. The minimum Gasteiger partial charge on any atom is -0.495 e. The predicted molar refractivity (Wildman–Crippen MR) is 152 cm³/mol. The van der Waals surface area contributed by atoms with E-state index >= 15 is 0 Å². The Bertz CT molecular complexity index is 1350. The number of urea groups is 1. The van der Waals surface area contributed by atoms with Crippen molar-refractivity contribution in [1.82, 2.24) is 5.32 Å². The molecule has 1 heterocycles. The maximum Gasteiger partial charge on any atom is 0.323 e. The van der Waals surface area contributed by atoms with Gasteiger partial charge in [0, 0.05) is 56.9 Å². The number of nitrogens with zero attached hydrogens (tertiary/aromatic N) is 3. The quantitative estimate of drug-likeness (QED) is 0.360. The van der Waals surface area contributed by atoms with Crippen molar-refractivity contribution in [2.24, 2.45) is 0 Å². The molecule has 3 N–H and O–H groups in total. The molecule has 0 unspecified atom stereocenters. The van der Waals surface area contributed by atoms with Crippen molar-refractivity contribution >= 4 is 34.7 Å². The summed E-state index contributed by atoms with van der Waals surface area (Å²) in [6.07, 6.45) is 0. The summed E-state index contributed by atoms with van der Waals surface area (Å²) in [6.45, 7) is 3.69. The first-order valence-electron chi connectivity index (χ1n) is 12.6. The second kappa shape index (κ2) is 13.2.